The summed E-state index contributed by atoms with van der Waals surface area (Å²) < 4.78 is 5.67. The summed E-state index contributed by atoms with van der Waals surface area (Å²) in [4.78, 5) is 36.4. The molecule has 0 radical (unpaired) electrons. The van der Waals surface area contributed by atoms with Gasteiger partial charge in [0.05, 0.1) is 0 Å². The van der Waals surface area contributed by atoms with Crippen molar-refractivity contribution in [2.75, 3.05) is 0 Å². The van der Waals surface area contributed by atoms with Gasteiger partial charge in [0.25, 0.3) is 0 Å². The molecule has 0 saturated heterocycles. The maximum atomic E-state index is 12.9. The summed E-state index contributed by atoms with van der Waals surface area (Å²) in [5.74, 6) is 1.76. The monoisotopic (exact) mass is 346 g/mol. The van der Waals surface area contributed by atoms with Crippen LogP contribution in [0.3, 0.4) is 0 Å². The first-order valence-corrected chi connectivity index (χ1v) is 9.97. The fourth-order valence-corrected chi connectivity index (χ4v) is 7.18. The van der Waals surface area contributed by atoms with E-state index in [0.717, 1.165) is 32.1 Å². The summed E-state index contributed by atoms with van der Waals surface area (Å²) in [5.41, 5.74) is 0.00948. The highest BCUT2D eigenvalue weighted by Gasteiger charge is 2.62. The summed E-state index contributed by atoms with van der Waals surface area (Å²) in [6, 6.07) is 0. The lowest BCUT2D eigenvalue weighted by molar-refractivity contribution is -0.168. The van der Waals surface area contributed by atoms with Crippen LogP contribution in [-0.2, 0) is 19.1 Å². The third-order valence-corrected chi connectivity index (χ3v) is 8.50. The van der Waals surface area contributed by atoms with E-state index in [0.29, 0.717) is 42.8 Å². The normalized spacial score (nSPS) is 49.2. The first kappa shape index (κ1) is 17.2. The molecule has 4 saturated carbocycles. The quantitative estimate of drug-likeness (QED) is 0.679. The van der Waals surface area contributed by atoms with Gasteiger partial charge in [-0.1, -0.05) is 13.8 Å². The number of rotatable bonds is 1. The van der Waals surface area contributed by atoms with E-state index in [2.05, 4.69) is 13.8 Å². The van der Waals surface area contributed by atoms with Crippen LogP contribution in [0.4, 0.5) is 0 Å². The SMILES string of the molecule is CC(=O)OC1CCC2C3CC(=O)C4CC(=O)CCC4(C)C3CCC12C. The summed E-state index contributed by atoms with van der Waals surface area (Å²) in [6.07, 6.45) is 6.78. The van der Waals surface area contributed by atoms with Crippen LogP contribution in [0.1, 0.15) is 72.1 Å². The summed E-state index contributed by atoms with van der Waals surface area (Å²) in [6.45, 7) is 6.05. The predicted molar refractivity (Wildman–Crippen MR) is 92.7 cm³/mol. The maximum absolute atomic E-state index is 12.9. The molecule has 0 amide bonds. The van der Waals surface area contributed by atoms with Crippen LogP contribution < -0.4 is 0 Å². The van der Waals surface area contributed by atoms with Crippen LogP contribution in [0.15, 0.2) is 0 Å². The van der Waals surface area contributed by atoms with E-state index < -0.39 is 0 Å². The summed E-state index contributed by atoms with van der Waals surface area (Å²) in [7, 11) is 0. The summed E-state index contributed by atoms with van der Waals surface area (Å²) >= 11 is 0. The molecule has 0 bridgehead atoms. The molecule has 4 rings (SSSR count). The van der Waals surface area contributed by atoms with E-state index in [4.69, 9.17) is 4.74 Å². The standard InChI is InChI=1S/C21H30O4/c1-12(22)25-19-5-4-15-14-11-18(24)17-10-13(23)6-8-20(17,2)16(14)7-9-21(15,19)3/h14-17,19H,4-11H2,1-3H3. The van der Waals surface area contributed by atoms with Crippen LogP contribution in [0.2, 0.25) is 0 Å². The van der Waals surface area contributed by atoms with E-state index in [1.54, 1.807) is 0 Å². The Labute approximate surface area is 150 Å². The Morgan fingerprint density at radius 2 is 1.72 bits per heavy atom. The zero-order chi connectivity index (χ0) is 18.0. The second-order valence-electron chi connectivity index (χ2n) is 9.57. The number of carbonyl (C=O) groups is 3. The number of hydrogen-bond acceptors (Lipinski definition) is 4. The van der Waals surface area contributed by atoms with Crippen molar-refractivity contribution in [3.05, 3.63) is 0 Å². The maximum Gasteiger partial charge on any atom is 0.302 e. The highest BCUT2D eigenvalue weighted by atomic mass is 16.5. The lowest BCUT2D eigenvalue weighted by Gasteiger charge is -2.59. The minimum Gasteiger partial charge on any atom is -0.462 e. The Kier molecular flexibility index (Phi) is 3.90. The van der Waals surface area contributed by atoms with Crippen molar-refractivity contribution in [1.29, 1.82) is 0 Å². The van der Waals surface area contributed by atoms with E-state index in [1.807, 2.05) is 0 Å². The molecule has 4 aliphatic rings. The van der Waals surface area contributed by atoms with Gasteiger partial charge >= 0.3 is 5.97 Å². The third kappa shape index (κ3) is 2.43. The highest BCUT2D eigenvalue weighted by Crippen LogP contribution is 2.65. The van der Waals surface area contributed by atoms with Crippen LogP contribution in [0.25, 0.3) is 0 Å². The zero-order valence-corrected chi connectivity index (χ0v) is 15.7. The molecular weight excluding hydrogens is 316 g/mol. The molecule has 0 aromatic carbocycles. The fraction of sp³-hybridized carbons (Fsp3) is 0.857. The van der Waals surface area contributed by atoms with Gasteiger partial charge in [0.1, 0.15) is 17.7 Å². The number of fused-ring (bicyclic) bond motifs is 5. The molecule has 4 aliphatic carbocycles. The first-order valence-electron chi connectivity index (χ1n) is 9.97. The number of ketones is 2. The summed E-state index contributed by atoms with van der Waals surface area (Å²) in [5, 5.41) is 0. The molecule has 7 unspecified atom stereocenters. The number of carbonyl (C=O) groups excluding carboxylic acids is 3. The smallest absolute Gasteiger partial charge is 0.302 e. The second-order valence-corrected chi connectivity index (χ2v) is 9.57. The molecule has 0 heterocycles. The van der Waals surface area contributed by atoms with Crippen molar-refractivity contribution in [1.82, 2.24) is 0 Å². The van der Waals surface area contributed by atoms with Gasteiger partial charge in [-0.25, -0.2) is 0 Å². The van der Waals surface area contributed by atoms with Crippen molar-refractivity contribution >= 4 is 17.5 Å². The lowest BCUT2D eigenvalue weighted by Crippen LogP contribution is -2.57. The minimum absolute atomic E-state index is 0.00418. The van der Waals surface area contributed by atoms with Gasteiger partial charge in [0.15, 0.2) is 0 Å². The van der Waals surface area contributed by atoms with Crippen molar-refractivity contribution in [2.45, 2.75) is 78.2 Å². The minimum atomic E-state index is -0.188. The van der Waals surface area contributed by atoms with Crippen LogP contribution in [0, 0.1) is 34.5 Å². The molecule has 25 heavy (non-hydrogen) atoms. The topological polar surface area (TPSA) is 60.4 Å². The van der Waals surface area contributed by atoms with Gasteiger partial charge < -0.3 is 4.74 Å². The van der Waals surface area contributed by atoms with E-state index in [-0.39, 0.29) is 34.6 Å². The van der Waals surface area contributed by atoms with Gasteiger partial charge in [0, 0.05) is 37.5 Å². The third-order valence-electron chi connectivity index (χ3n) is 8.50. The molecule has 0 aromatic heterocycles. The Hall–Kier alpha value is -1.19. The van der Waals surface area contributed by atoms with Gasteiger partial charge in [-0.05, 0) is 55.3 Å². The lowest BCUT2D eigenvalue weighted by atomic mass is 9.45. The predicted octanol–water partition coefficient (Wildman–Crippen LogP) is 3.71. The molecule has 0 aliphatic heterocycles. The van der Waals surface area contributed by atoms with Gasteiger partial charge in [-0.3, -0.25) is 14.4 Å². The van der Waals surface area contributed by atoms with Gasteiger partial charge in [-0.2, -0.15) is 0 Å². The zero-order valence-electron chi connectivity index (χ0n) is 15.7. The first-order chi connectivity index (χ1) is 11.8. The van der Waals surface area contributed by atoms with Crippen molar-refractivity contribution in [3.8, 4) is 0 Å². The van der Waals surface area contributed by atoms with Crippen molar-refractivity contribution in [2.24, 2.45) is 34.5 Å². The van der Waals surface area contributed by atoms with Crippen LogP contribution in [-0.4, -0.2) is 23.6 Å². The Bertz CT molecular complexity index is 625. The van der Waals surface area contributed by atoms with Gasteiger partial charge in [-0.15, -0.1) is 0 Å². The average molecular weight is 346 g/mol. The second kappa shape index (κ2) is 5.65. The van der Waals surface area contributed by atoms with E-state index >= 15 is 0 Å². The Morgan fingerprint density at radius 3 is 2.44 bits per heavy atom. The number of hydrogen-bond donors (Lipinski definition) is 0. The molecule has 4 nitrogen and oxygen atoms in total. The van der Waals surface area contributed by atoms with Gasteiger partial charge in [0.2, 0.25) is 0 Å². The number of ether oxygens (including phenoxy) is 1. The Balaban J connectivity index is 1.63. The van der Waals surface area contributed by atoms with E-state index in [1.165, 1.54) is 6.92 Å². The molecule has 138 valence electrons. The molecule has 4 fully saturated rings. The van der Waals surface area contributed by atoms with Crippen molar-refractivity contribution < 1.29 is 19.1 Å². The molecule has 0 aromatic rings. The number of esters is 1. The molecule has 0 N–H and O–H groups in total. The molecular formula is C21H30O4. The van der Waals surface area contributed by atoms with Crippen molar-refractivity contribution in [3.63, 3.8) is 0 Å². The van der Waals surface area contributed by atoms with Crippen LogP contribution in [0.5, 0.6) is 0 Å². The van der Waals surface area contributed by atoms with E-state index in [9.17, 15) is 14.4 Å². The van der Waals surface area contributed by atoms with Crippen LogP contribution >= 0.6 is 0 Å². The fourth-order valence-electron chi connectivity index (χ4n) is 7.18. The number of Topliss-reactive ketones (excluding diaryl/α,β-unsaturated/α-hetero) is 2. The largest absolute Gasteiger partial charge is 0.462 e. The highest BCUT2D eigenvalue weighted by molar-refractivity contribution is 5.90. The average Bonchev–Trinajstić information content (AvgIpc) is 2.86. The molecule has 7 atom stereocenters. The Morgan fingerprint density at radius 1 is 1.00 bits per heavy atom. The molecule has 4 heteroatoms. The molecule has 0 spiro atoms.